The molecule has 0 atom stereocenters. The molecule has 23 heavy (non-hydrogen) atoms. The van der Waals surface area contributed by atoms with Crippen molar-refractivity contribution < 1.29 is 14.3 Å². The van der Waals surface area contributed by atoms with Crippen LogP contribution in [0.25, 0.3) is 0 Å². The summed E-state index contributed by atoms with van der Waals surface area (Å²) in [5, 5.41) is 3.97. The second-order valence-electron chi connectivity index (χ2n) is 4.83. The van der Waals surface area contributed by atoms with Crippen molar-refractivity contribution in [2.45, 2.75) is 13.5 Å². The summed E-state index contributed by atoms with van der Waals surface area (Å²) < 4.78 is 10.9. The van der Waals surface area contributed by atoms with Crippen LogP contribution in [0.3, 0.4) is 0 Å². The van der Waals surface area contributed by atoms with Crippen LogP contribution in [-0.4, -0.2) is 19.1 Å². The van der Waals surface area contributed by atoms with E-state index in [1.165, 1.54) is 0 Å². The average Bonchev–Trinajstić information content (AvgIpc) is 2.52. The van der Waals surface area contributed by atoms with E-state index in [0.29, 0.717) is 29.7 Å². The van der Waals surface area contributed by atoms with Crippen molar-refractivity contribution in [1.29, 1.82) is 0 Å². The number of rotatable bonds is 8. The highest BCUT2D eigenvalue weighted by Crippen LogP contribution is 2.29. The number of halogens is 1. The number of ether oxygens (including phenoxy) is 2. The van der Waals surface area contributed by atoms with E-state index in [-0.39, 0.29) is 6.61 Å². The summed E-state index contributed by atoms with van der Waals surface area (Å²) in [6, 6.07) is 13.0. The van der Waals surface area contributed by atoms with E-state index in [1.54, 1.807) is 6.07 Å². The first-order valence-corrected chi connectivity index (χ1v) is 7.62. The Balaban J connectivity index is 2.07. The average molecular weight is 335 g/mol. The third kappa shape index (κ3) is 5.38. The van der Waals surface area contributed by atoms with Crippen LogP contribution in [0, 0.1) is 0 Å². The van der Waals surface area contributed by atoms with Gasteiger partial charge in [0.1, 0.15) is 0 Å². The fraction of sp³-hybridized carbons (Fsp3) is 0.235. The number of anilines is 1. The normalized spacial score (nSPS) is 10.2. The Morgan fingerprint density at radius 3 is 2.70 bits per heavy atom. The second-order valence-corrected chi connectivity index (χ2v) is 5.27. The fourth-order valence-corrected chi connectivity index (χ4v) is 2.19. The molecule has 2 aromatic carbocycles. The van der Waals surface area contributed by atoms with Crippen LogP contribution < -0.4 is 20.5 Å². The number of nitrogens with one attached hydrogen (secondary N) is 1. The van der Waals surface area contributed by atoms with Crippen LogP contribution >= 0.6 is 11.6 Å². The van der Waals surface area contributed by atoms with Crippen molar-refractivity contribution in [2.75, 3.05) is 18.5 Å². The molecule has 0 aromatic heterocycles. The van der Waals surface area contributed by atoms with E-state index in [2.05, 4.69) is 5.32 Å². The number of nitrogens with two attached hydrogens (primary N) is 1. The summed E-state index contributed by atoms with van der Waals surface area (Å²) in [7, 11) is 0. The predicted octanol–water partition coefficient (Wildman–Crippen LogP) is 3.21. The third-order valence-electron chi connectivity index (χ3n) is 3.00. The van der Waals surface area contributed by atoms with E-state index in [0.717, 1.165) is 11.3 Å². The molecule has 0 fully saturated rings. The molecule has 0 bridgehead atoms. The molecule has 5 nitrogen and oxygen atoms in total. The quantitative estimate of drug-likeness (QED) is 0.777. The van der Waals surface area contributed by atoms with Gasteiger partial charge < -0.3 is 20.5 Å². The van der Waals surface area contributed by atoms with Gasteiger partial charge in [0.15, 0.2) is 18.1 Å². The van der Waals surface area contributed by atoms with Gasteiger partial charge in [0.25, 0.3) is 5.91 Å². The number of carbonyl (C=O) groups is 1. The van der Waals surface area contributed by atoms with Crippen molar-refractivity contribution >= 4 is 23.2 Å². The molecular weight excluding hydrogens is 316 g/mol. The Hall–Kier alpha value is -2.40. The Bertz CT molecular complexity index is 677. The summed E-state index contributed by atoms with van der Waals surface area (Å²) in [5.41, 5.74) is 7.04. The SMILES string of the molecule is CCOc1cc(CNc2cccc(Cl)c2)ccc1OCC(N)=O. The van der Waals surface area contributed by atoms with Crippen molar-refractivity contribution in [3.63, 3.8) is 0 Å². The van der Waals surface area contributed by atoms with Gasteiger partial charge in [-0.25, -0.2) is 0 Å². The van der Waals surface area contributed by atoms with E-state index in [1.807, 2.05) is 43.3 Å². The highest BCUT2D eigenvalue weighted by atomic mass is 35.5. The minimum absolute atomic E-state index is 0.180. The van der Waals surface area contributed by atoms with Crippen molar-refractivity contribution in [3.8, 4) is 11.5 Å². The minimum atomic E-state index is -0.529. The molecule has 0 spiro atoms. The van der Waals surface area contributed by atoms with E-state index >= 15 is 0 Å². The third-order valence-corrected chi connectivity index (χ3v) is 3.23. The van der Waals surface area contributed by atoms with E-state index in [9.17, 15) is 4.79 Å². The number of amides is 1. The van der Waals surface area contributed by atoms with Gasteiger partial charge in [-0.05, 0) is 42.8 Å². The lowest BCUT2D eigenvalue weighted by Gasteiger charge is -2.13. The van der Waals surface area contributed by atoms with Gasteiger partial charge in [-0.3, -0.25) is 4.79 Å². The number of hydrogen-bond donors (Lipinski definition) is 2. The lowest BCUT2D eigenvalue weighted by Crippen LogP contribution is -2.20. The molecule has 122 valence electrons. The molecule has 0 aliphatic rings. The van der Waals surface area contributed by atoms with Crippen molar-refractivity contribution in [2.24, 2.45) is 5.73 Å². The van der Waals surface area contributed by atoms with Gasteiger partial charge >= 0.3 is 0 Å². The summed E-state index contributed by atoms with van der Waals surface area (Å²) in [4.78, 5) is 10.8. The van der Waals surface area contributed by atoms with Gasteiger partial charge in [-0.15, -0.1) is 0 Å². The molecule has 1 amide bonds. The molecule has 3 N–H and O–H groups in total. The molecule has 0 radical (unpaired) electrons. The van der Waals surface area contributed by atoms with Gasteiger partial charge in [-0.2, -0.15) is 0 Å². The zero-order valence-corrected chi connectivity index (χ0v) is 13.6. The Kier molecular flexibility index (Phi) is 6.11. The van der Waals surface area contributed by atoms with Crippen LogP contribution in [0.5, 0.6) is 11.5 Å². The first-order chi connectivity index (χ1) is 11.1. The monoisotopic (exact) mass is 334 g/mol. The molecule has 0 unspecified atom stereocenters. The van der Waals surface area contributed by atoms with Crippen molar-refractivity contribution in [3.05, 3.63) is 53.1 Å². The van der Waals surface area contributed by atoms with Crippen LogP contribution in [0.1, 0.15) is 12.5 Å². The fourth-order valence-electron chi connectivity index (χ4n) is 2.00. The molecule has 0 aliphatic heterocycles. The molecule has 2 aromatic rings. The Labute approximate surface area is 140 Å². The van der Waals surface area contributed by atoms with Crippen LogP contribution in [0.15, 0.2) is 42.5 Å². The summed E-state index contributed by atoms with van der Waals surface area (Å²) in [6.45, 7) is 2.81. The summed E-state index contributed by atoms with van der Waals surface area (Å²) in [6.07, 6.45) is 0. The zero-order chi connectivity index (χ0) is 16.7. The lowest BCUT2D eigenvalue weighted by atomic mass is 10.2. The van der Waals surface area contributed by atoms with Gasteiger partial charge in [-0.1, -0.05) is 23.7 Å². The second kappa shape index (κ2) is 8.29. The molecular formula is C17H19ClN2O3. The predicted molar refractivity (Wildman–Crippen MR) is 91.1 cm³/mol. The topological polar surface area (TPSA) is 73.6 Å². The number of hydrogen-bond acceptors (Lipinski definition) is 4. The maximum absolute atomic E-state index is 10.8. The van der Waals surface area contributed by atoms with Crippen LogP contribution in [-0.2, 0) is 11.3 Å². The number of primary amides is 1. The summed E-state index contributed by atoms with van der Waals surface area (Å²) in [5.74, 6) is 0.551. The van der Waals surface area contributed by atoms with Gasteiger partial charge in [0, 0.05) is 17.3 Å². The molecule has 0 aliphatic carbocycles. The largest absolute Gasteiger partial charge is 0.490 e. The minimum Gasteiger partial charge on any atom is -0.490 e. The smallest absolute Gasteiger partial charge is 0.255 e. The highest BCUT2D eigenvalue weighted by Gasteiger charge is 2.08. The summed E-state index contributed by atoms with van der Waals surface area (Å²) >= 11 is 5.96. The van der Waals surface area contributed by atoms with Gasteiger partial charge in [0.2, 0.25) is 0 Å². The Morgan fingerprint density at radius 2 is 2.00 bits per heavy atom. The van der Waals surface area contributed by atoms with Crippen molar-refractivity contribution in [1.82, 2.24) is 0 Å². The van der Waals surface area contributed by atoms with E-state index in [4.69, 9.17) is 26.8 Å². The number of carbonyl (C=O) groups excluding carboxylic acids is 1. The maximum atomic E-state index is 10.8. The molecule has 6 heteroatoms. The maximum Gasteiger partial charge on any atom is 0.255 e. The standard InChI is InChI=1S/C17H19ClN2O3/c1-2-22-16-8-12(6-7-15(16)23-11-17(19)21)10-20-14-5-3-4-13(18)9-14/h3-9,20H,2,10-11H2,1H3,(H2,19,21). The molecule has 0 saturated heterocycles. The first kappa shape index (κ1) is 17.0. The molecule has 2 rings (SSSR count). The van der Waals surface area contributed by atoms with E-state index < -0.39 is 5.91 Å². The number of benzene rings is 2. The van der Waals surface area contributed by atoms with Crippen LogP contribution in [0.4, 0.5) is 5.69 Å². The lowest BCUT2D eigenvalue weighted by molar-refractivity contribution is -0.119. The van der Waals surface area contributed by atoms with Crippen LogP contribution in [0.2, 0.25) is 5.02 Å². The first-order valence-electron chi connectivity index (χ1n) is 7.24. The molecule has 0 saturated carbocycles. The Morgan fingerprint density at radius 1 is 1.17 bits per heavy atom. The van der Waals surface area contributed by atoms with Gasteiger partial charge in [0.05, 0.1) is 6.61 Å². The zero-order valence-electron chi connectivity index (χ0n) is 12.8. The highest BCUT2D eigenvalue weighted by molar-refractivity contribution is 6.30. The molecule has 0 heterocycles.